The van der Waals surface area contributed by atoms with E-state index >= 15 is 0 Å². The molecule has 0 saturated carbocycles. The Morgan fingerprint density at radius 3 is 2.62 bits per heavy atom. The second-order valence-electron chi connectivity index (χ2n) is 2.84. The zero-order valence-corrected chi connectivity index (χ0v) is 11.0. The maximum Gasteiger partial charge on any atom is 0.139 e. The van der Waals surface area contributed by atoms with E-state index in [0.29, 0.717) is 12.1 Å². The van der Waals surface area contributed by atoms with E-state index in [2.05, 4.69) is 4.99 Å². The first-order valence-electron chi connectivity index (χ1n) is 4.31. The second kappa shape index (κ2) is 9.41. The van der Waals surface area contributed by atoms with Crippen LogP contribution in [-0.4, -0.2) is 5.90 Å². The number of aliphatic imine (C=N–C) groups is 1. The molecule has 0 saturated heterocycles. The van der Waals surface area contributed by atoms with E-state index in [4.69, 9.17) is 0 Å². The fourth-order valence-corrected chi connectivity index (χ4v) is 1.14. The van der Waals surface area contributed by atoms with E-state index < -0.39 is 0 Å². The number of allylic oxidation sites excluding steroid dienone is 1. The smallest absolute Gasteiger partial charge is 0.139 e. The van der Waals surface area contributed by atoms with Crippen LogP contribution in [0.25, 0.3) is 0 Å². The number of nitrogens with zero attached hydrogens (tertiary/aromatic N) is 1. The third-order valence-electron chi connectivity index (χ3n) is 1.70. The van der Waals surface area contributed by atoms with Gasteiger partial charge in [-0.3, -0.25) is 10.1 Å². The van der Waals surface area contributed by atoms with Gasteiger partial charge in [0.25, 0.3) is 0 Å². The van der Waals surface area contributed by atoms with Gasteiger partial charge in [0, 0.05) is 20.4 Å². The third kappa shape index (κ3) is 5.92. The van der Waals surface area contributed by atoms with E-state index in [9.17, 15) is 10.2 Å². The standard InChI is InChI=1S/C11H12NO2.ClH.Pd/c1-9(14)12-11-7-3-2-5-10(11)6-4-8-13;;/h2-5,7-8H,6H2,1H3,(H,12,14);1H;/p-1. The molecule has 1 aromatic carbocycles. The zero-order valence-electron chi connectivity index (χ0n) is 8.66. The first kappa shape index (κ1) is 17.6. The summed E-state index contributed by atoms with van der Waals surface area (Å²) in [6.07, 6.45) is 2.75. The number of para-hydroxylation sites is 1. The maximum absolute atomic E-state index is 10.8. The van der Waals surface area contributed by atoms with Crippen molar-refractivity contribution in [3.05, 3.63) is 42.2 Å². The molecule has 0 heterocycles. The Balaban J connectivity index is 0. The van der Waals surface area contributed by atoms with Gasteiger partial charge in [0.05, 0.1) is 5.69 Å². The normalized spacial score (nSPS) is 10.7. The van der Waals surface area contributed by atoms with Gasteiger partial charge in [0.2, 0.25) is 0 Å². The van der Waals surface area contributed by atoms with Crippen molar-refractivity contribution in [2.45, 2.75) is 13.3 Å². The van der Waals surface area contributed by atoms with Gasteiger partial charge >= 0.3 is 0 Å². The molecule has 91 valence electrons. The van der Waals surface area contributed by atoms with Crippen molar-refractivity contribution in [3.8, 4) is 0 Å². The Morgan fingerprint density at radius 1 is 1.44 bits per heavy atom. The Morgan fingerprint density at radius 2 is 2.06 bits per heavy atom. The summed E-state index contributed by atoms with van der Waals surface area (Å²) in [5, 5.41) is 21.0. The van der Waals surface area contributed by atoms with Crippen LogP contribution in [0.3, 0.4) is 0 Å². The minimum absolute atomic E-state index is 0. The summed E-state index contributed by atoms with van der Waals surface area (Å²) in [6.45, 7) is 1.40. The summed E-state index contributed by atoms with van der Waals surface area (Å²) in [5.41, 5.74) is 1.52. The number of hydrogen-bond donors (Lipinski definition) is 0. The largest absolute Gasteiger partial charge is 0.862 e. The summed E-state index contributed by atoms with van der Waals surface area (Å²) < 4.78 is 0. The van der Waals surface area contributed by atoms with E-state index in [0.717, 1.165) is 11.8 Å². The zero-order chi connectivity index (χ0) is 10.4. The van der Waals surface area contributed by atoms with Gasteiger partial charge < -0.3 is 5.11 Å². The van der Waals surface area contributed by atoms with Crippen molar-refractivity contribution in [2.24, 2.45) is 4.99 Å². The van der Waals surface area contributed by atoms with Gasteiger partial charge in [-0.05, 0) is 36.9 Å². The van der Waals surface area contributed by atoms with Gasteiger partial charge in [-0.1, -0.05) is 18.2 Å². The topological polar surface area (TPSA) is 55.3 Å². The average molecular weight is 332 g/mol. The number of rotatable bonds is 3. The summed E-state index contributed by atoms with van der Waals surface area (Å²) in [6, 6.07) is 7.27. The van der Waals surface area contributed by atoms with E-state index in [1.54, 1.807) is 6.07 Å². The minimum Gasteiger partial charge on any atom is -0.862 e. The minimum atomic E-state index is -0.233. The summed E-state index contributed by atoms with van der Waals surface area (Å²) >= 11 is 0. The molecule has 0 N–H and O–H groups in total. The van der Waals surface area contributed by atoms with Crippen LogP contribution in [-0.2, 0) is 32.0 Å². The van der Waals surface area contributed by atoms with Crippen LogP contribution in [0, 0.1) is 0 Å². The molecule has 1 radical (unpaired) electrons. The average Bonchev–Trinajstić information content (AvgIpc) is 2.16. The Labute approximate surface area is 115 Å². The van der Waals surface area contributed by atoms with Crippen molar-refractivity contribution in [2.75, 3.05) is 0 Å². The summed E-state index contributed by atoms with van der Waals surface area (Å²) in [4.78, 5) is 3.84. The molecular weight excluding hydrogens is 320 g/mol. The molecule has 0 aliphatic rings. The predicted octanol–water partition coefficient (Wildman–Crippen LogP) is 2.00. The van der Waals surface area contributed by atoms with Crippen LogP contribution in [0.4, 0.5) is 5.69 Å². The SMILES string of the molecule is CC([O-])=Nc1ccccc1CC=C[O].Cl.[Pd]. The predicted molar refractivity (Wildman–Crippen MR) is 60.0 cm³/mol. The summed E-state index contributed by atoms with van der Waals surface area (Å²) in [5.74, 6) is -0.233. The van der Waals surface area contributed by atoms with E-state index in [1.165, 1.54) is 13.0 Å². The van der Waals surface area contributed by atoms with Crippen LogP contribution < -0.4 is 5.11 Å². The van der Waals surface area contributed by atoms with Crippen LogP contribution in [0.2, 0.25) is 0 Å². The molecule has 0 amide bonds. The van der Waals surface area contributed by atoms with Crippen molar-refractivity contribution in [1.82, 2.24) is 0 Å². The molecule has 1 rings (SSSR count). The van der Waals surface area contributed by atoms with E-state index in [1.807, 2.05) is 18.2 Å². The Hall–Kier alpha value is -0.818. The van der Waals surface area contributed by atoms with E-state index in [-0.39, 0.29) is 38.7 Å². The molecule has 0 spiro atoms. The molecule has 0 aliphatic carbocycles. The number of benzene rings is 1. The molecule has 0 atom stereocenters. The quantitative estimate of drug-likeness (QED) is 0.362. The van der Waals surface area contributed by atoms with Gasteiger partial charge in [-0.15, -0.1) is 12.4 Å². The Kier molecular flexibility index (Phi) is 10.3. The molecule has 0 fully saturated rings. The second-order valence-corrected chi connectivity index (χ2v) is 2.84. The van der Waals surface area contributed by atoms with Gasteiger partial charge in [-0.25, -0.2) is 0 Å². The number of hydrogen-bond acceptors (Lipinski definition) is 2. The van der Waals surface area contributed by atoms with Gasteiger partial charge in [-0.2, -0.15) is 0 Å². The van der Waals surface area contributed by atoms with Crippen LogP contribution in [0.5, 0.6) is 0 Å². The molecule has 3 nitrogen and oxygen atoms in total. The molecule has 0 aromatic heterocycles. The molecule has 5 heteroatoms. The molecule has 0 bridgehead atoms. The monoisotopic (exact) mass is 331 g/mol. The van der Waals surface area contributed by atoms with Crippen LogP contribution in [0.1, 0.15) is 12.5 Å². The van der Waals surface area contributed by atoms with Crippen molar-refractivity contribution < 1.29 is 30.6 Å². The van der Waals surface area contributed by atoms with Crippen molar-refractivity contribution >= 4 is 24.0 Å². The first-order valence-corrected chi connectivity index (χ1v) is 4.31. The fraction of sp³-hybridized carbons (Fsp3) is 0.182. The molecule has 1 aromatic rings. The molecular formula is C11H12ClNO2Pd-. The third-order valence-corrected chi connectivity index (χ3v) is 1.70. The summed E-state index contributed by atoms with van der Waals surface area (Å²) in [7, 11) is 0. The fourth-order valence-electron chi connectivity index (χ4n) is 1.14. The van der Waals surface area contributed by atoms with Crippen molar-refractivity contribution in [3.63, 3.8) is 0 Å². The van der Waals surface area contributed by atoms with Crippen LogP contribution in [0.15, 0.2) is 41.6 Å². The Bertz CT molecular complexity index is 363. The molecule has 0 aliphatic heterocycles. The molecule has 0 unspecified atom stereocenters. The maximum atomic E-state index is 10.8. The first-order chi connectivity index (χ1) is 6.74. The molecule has 16 heavy (non-hydrogen) atoms. The van der Waals surface area contributed by atoms with Gasteiger partial charge in [0.1, 0.15) is 6.26 Å². The van der Waals surface area contributed by atoms with Gasteiger partial charge in [0.15, 0.2) is 0 Å². The van der Waals surface area contributed by atoms with Crippen molar-refractivity contribution in [1.29, 1.82) is 0 Å². The number of halogens is 1. The van der Waals surface area contributed by atoms with Crippen LogP contribution >= 0.6 is 12.4 Å².